The standard InChI is InChI=1S/C12H21N3O2/c1-4-17-12(16)6-5-7-13-8-11-9(2)14-15-10(11)3/h13H,4-8H2,1-3H3,(H,14,15). The van der Waals surface area contributed by atoms with Crippen molar-refractivity contribution < 1.29 is 9.53 Å². The zero-order valence-corrected chi connectivity index (χ0v) is 10.8. The van der Waals surface area contributed by atoms with Gasteiger partial charge in [0.05, 0.1) is 12.3 Å². The maximum Gasteiger partial charge on any atom is 0.305 e. The highest BCUT2D eigenvalue weighted by atomic mass is 16.5. The molecule has 0 unspecified atom stereocenters. The summed E-state index contributed by atoms with van der Waals surface area (Å²) >= 11 is 0. The highest BCUT2D eigenvalue weighted by Gasteiger charge is 2.05. The molecule has 1 aromatic heterocycles. The molecule has 1 rings (SSSR count). The van der Waals surface area contributed by atoms with E-state index in [1.807, 2.05) is 20.8 Å². The maximum atomic E-state index is 11.1. The SMILES string of the molecule is CCOC(=O)CCCNCc1c(C)n[nH]c1C. The molecule has 96 valence electrons. The van der Waals surface area contributed by atoms with Crippen molar-refractivity contribution in [2.75, 3.05) is 13.2 Å². The van der Waals surface area contributed by atoms with Gasteiger partial charge in [-0.2, -0.15) is 5.10 Å². The van der Waals surface area contributed by atoms with Crippen molar-refractivity contribution in [3.05, 3.63) is 17.0 Å². The highest BCUT2D eigenvalue weighted by Crippen LogP contribution is 2.08. The topological polar surface area (TPSA) is 67.0 Å². The minimum absolute atomic E-state index is 0.120. The van der Waals surface area contributed by atoms with Crippen LogP contribution in [0.4, 0.5) is 0 Å². The van der Waals surface area contributed by atoms with Gasteiger partial charge in [0.2, 0.25) is 0 Å². The van der Waals surface area contributed by atoms with Crippen LogP contribution in [0.3, 0.4) is 0 Å². The van der Waals surface area contributed by atoms with Gasteiger partial charge in [0.1, 0.15) is 0 Å². The van der Waals surface area contributed by atoms with Gasteiger partial charge in [-0.1, -0.05) is 0 Å². The van der Waals surface area contributed by atoms with E-state index in [4.69, 9.17) is 4.74 Å². The van der Waals surface area contributed by atoms with Crippen LogP contribution in [-0.4, -0.2) is 29.3 Å². The average molecular weight is 239 g/mol. The summed E-state index contributed by atoms with van der Waals surface area (Å²) in [5.41, 5.74) is 3.34. The molecule has 0 atom stereocenters. The normalized spacial score (nSPS) is 10.5. The van der Waals surface area contributed by atoms with Gasteiger partial charge < -0.3 is 10.1 Å². The first-order valence-corrected chi connectivity index (χ1v) is 6.02. The number of nitrogens with one attached hydrogen (secondary N) is 2. The number of carbonyl (C=O) groups is 1. The number of aryl methyl sites for hydroxylation is 2. The first-order chi connectivity index (χ1) is 8.15. The van der Waals surface area contributed by atoms with Crippen molar-refractivity contribution in [3.63, 3.8) is 0 Å². The molecule has 17 heavy (non-hydrogen) atoms. The molecule has 0 saturated heterocycles. The van der Waals surface area contributed by atoms with Crippen LogP contribution in [0.5, 0.6) is 0 Å². The molecule has 0 aromatic carbocycles. The lowest BCUT2D eigenvalue weighted by Gasteiger charge is -2.05. The molecule has 0 saturated carbocycles. The van der Waals surface area contributed by atoms with Crippen molar-refractivity contribution in [1.82, 2.24) is 15.5 Å². The molecule has 2 N–H and O–H groups in total. The minimum Gasteiger partial charge on any atom is -0.466 e. The first-order valence-electron chi connectivity index (χ1n) is 6.02. The third-order valence-corrected chi connectivity index (χ3v) is 2.62. The van der Waals surface area contributed by atoms with Crippen LogP contribution in [0.1, 0.15) is 36.7 Å². The number of hydrogen-bond acceptors (Lipinski definition) is 4. The maximum absolute atomic E-state index is 11.1. The third-order valence-electron chi connectivity index (χ3n) is 2.62. The molecule has 0 spiro atoms. The lowest BCUT2D eigenvalue weighted by molar-refractivity contribution is -0.143. The van der Waals surface area contributed by atoms with E-state index in [9.17, 15) is 4.79 Å². The van der Waals surface area contributed by atoms with E-state index in [1.54, 1.807) is 0 Å². The van der Waals surface area contributed by atoms with Crippen LogP contribution >= 0.6 is 0 Å². The van der Waals surface area contributed by atoms with E-state index >= 15 is 0 Å². The minimum atomic E-state index is -0.120. The highest BCUT2D eigenvalue weighted by molar-refractivity contribution is 5.69. The molecular weight excluding hydrogens is 218 g/mol. The molecule has 0 radical (unpaired) electrons. The number of hydrogen-bond donors (Lipinski definition) is 2. The Kier molecular flexibility index (Phi) is 5.69. The van der Waals surface area contributed by atoms with E-state index in [0.29, 0.717) is 13.0 Å². The Morgan fingerprint density at radius 2 is 2.24 bits per heavy atom. The number of ether oxygens (including phenoxy) is 1. The molecule has 5 heteroatoms. The number of H-pyrrole nitrogens is 1. The quantitative estimate of drug-likeness (QED) is 0.558. The van der Waals surface area contributed by atoms with Crippen LogP contribution in [0.25, 0.3) is 0 Å². The Hall–Kier alpha value is -1.36. The Bertz CT molecular complexity index is 341. The monoisotopic (exact) mass is 239 g/mol. The van der Waals surface area contributed by atoms with Crippen LogP contribution in [0, 0.1) is 13.8 Å². The van der Waals surface area contributed by atoms with E-state index in [2.05, 4.69) is 15.5 Å². The smallest absolute Gasteiger partial charge is 0.305 e. The summed E-state index contributed by atoms with van der Waals surface area (Å²) in [6.07, 6.45) is 1.28. The number of carbonyl (C=O) groups excluding carboxylic acids is 1. The molecule has 0 aliphatic carbocycles. The lowest BCUT2D eigenvalue weighted by Crippen LogP contribution is -2.17. The molecule has 1 heterocycles. The molecule has 1 aromatic rings. The van der Waals surface area contributed by atoms with Crippen molar-refractivity contribution in [3.8, 4) is 0 Å². The van der Waals surface area contributed by atoms with Crippen molar-refractivity contribution in [1.29, 1.82) is 0 Å². The van der Waals surface area contributed by atoms with Gasteiger partial charge >= 0.3 is 5.97 Å². The summed E-state index contributed by atoms with van der Waals surface area (Å²) in [6.45, 7) is 7.87. The molecule has 0 bridgehead atoms. The Morgan fingerprint density at radius 3 is 2.82 bits per heavy atom. The number of nitrogens with zero attached hydrogens (tertiary/aromatic N) is 1. The zero-order chi connectivity index (χ0) is 12.7. The van der Waals surface area contributed by atoms with Crippen LogP contribution in [0.15, 0.2) is 0 Å². The fourth-order valence-corrected chi connectivity index (χ4v) is 1.64. The van der Waals surface area contributed by atoms with Crippen LogP contribution < -0.4 is 5.32 Å². The second-order valence-electron chi connectivity index (χ2n) is 4.00. The molecule has 5 nitrogen and oxygen atoms in total. The predicted octanol–water partition coefficient (Wildman–Crippen LogP) is 1.46. The largest absolute Gasteiger partial charge is 0.466 e. The molecular formula is C12H21N3O2. The van der Waals surface area contributed by atoms with Gasteiger partial charge in [-0.3, -0.25) is 9.89 Å². The Labute approximate surface area is 102 Å². The lowest BCUT2D eigenvalue weighted by atomic mass is 10.2. The fourth-order valence-electron chi connectivity index (χ4n) is 1.64. The van der Waals surface area contributed by atoms with E-state index in [0.717, 1.165) is 30.9 Å². The fraction of sp³-hybridized carbons (Fsp3) is 0.667. The summed E-state index contributed by atoms with van der Waals surface area (Å²) < 4.78 is 4.85. The number of esters is 1. The predicted molar refractivity (Wildman–Crippen MR) is 65.6 cm³/mol. The van der Waals surface area contributed by atoms with Gasteiger partial charge in [0.15, 0.2) is 0 Å². The number of aromatic nitrogens is 2. The van der Waals surface area contributed by atoms with Crippen molar-refractivity contribution >= 4 is 5.97 Å². The van der Waals surface area contributed by atoms with E-state index in [1.165, 1.54) is 5.56 Å². The third kappa shape index (κ3) is 4.56. The van der Waals surface area contributed by atoms with E-state index < -0.39 is 0 Å². The average Bonchev–Trinajstić information content (AvgIpc) is 2.60. The Balaban J connectivity index is 2.15. The number of aromatic amines is 1. The second kappa shape index (κ2) is 7.06. The summed E-state index contributed by atoms with van der Waals surface area (Å²) in [5.74, 6) is -0.120. The van der Waals surface area contributed by atoms with Crippen LogP contribution in [-0.2, 0) is 16.1 Å². The summed E-state index contributed by atoms with van der Waals surface area (Å²) in [7, 11) is 0. The summed E-state index contributed by atoms with van der Waals surface area (Å²) in [4.78, 5) is 11.1. The molecule has 0 fully saturated rings. The van der Waals surface area contributed by atoms with Crippen molar-refractivity contribution in [2.24, 2.45) is 0 Å². The summed E-state index contributed by atoms with van der Waals surface area (Å²) in [5, 5.41) is 10.4. The first kappa shape index (κ1) is 13.7. The number of rotatable bonds is 7. The molecule has 0 amide bonds. The molecule has 0 aliphatic rings. The summed E-state index contributed by atoms with van der Waals surface area (Å²) in [6, 6.07) is 0. The van der Waals surface area contributed by atoms with Gasteiger partial charge in [0.25, 0.3) is 0 Å². The second-order valence-corrected chi connectivity index (χ2v) is 4.00. The zero-order valence-electron chi connectivity index (χ0n) is 10.8. The Morgan fingerprint density at radius 1 is 1.47 bits per heavy atom. The van der Waals surface area contributed by atoms with Crippen molar-refractivity contribution in [2.45, 2.75) is 40.2 Å². The van der Waals surface area contributed by atoms with Crippen LogP contribution in [0.2, 0.25) is 0 Å². The van der Waals surface area contributed by atoms with E-state index in [-0.39, 0.29) is 5.97 Å². The van der Waals surface area contributed by atoms with Gasteiger partial charge in [-0.15, -0.1) is 0 Å². The van der Waals surface area contributed by atoms with Gasteiger partial charge in [-0.25, -0.2) is 0 Å². The van der Waals surface area contributed by atoms with Gasteiger partial charge in [-0.05, 0) is 33.7 Å². The molecule has 0 aliphatic heterocycles. The van der Waals surface area contributed by atoms with Gasteiger partial charge in [0, 0.05) is 24.2 Å².